The van der Waals surface area contributed by atoms with Gasteiger partial charge in [0.2, 0.25) is 0 Å². The molecule has 0 aliphatic rings. The number of anilines is 1. The second kappa shape index (κ2) is 7.58. The standard InChI is InChI=1S/C20H20N2O3S/c1-12-5-7-15(13(2)9-12)16-11-26-20(21-16)22-19(23)14-6-8-17(24-3)18(10-14)25-4/h5-11H,1-4H3,(H,21,22,23). The van der Waals surface area contributed by atoms with Crippen molar-refractivity contribution in [3.05, 3.63) is 58.5 Å². The van der Waals surface area contributed by atoms with E-state index in [0.29, 0.717) is 22.2 Å². The summed E-state index contributed by atoms with van der Waals surface area (Å²) in [5, 5.41) is 5.34. The fourth-order valence-electron chi connectivity index (χ4n) is 2.70. The monoisotopic (exact) mass is 368 g/mol. The van der Waals surface area contributed by atoms with Gasteiger partial charge in [-0.3, -0.25) is 10.1 Å². The summed E-state index contributed by atoms with van der Waals surface area (Å²) in [6, 6.07) is 11.3. The molecular weight excluding hydrogens is 348 g/mol. The molecule has 1 amide bonds. The van der Waals surface area contributed by atoms with Gasteiger partial charge in [0.1, 0.15) is 0 Å². The van der Waals surface area contributed by atoms with E-state index in [1.807, 2.05) is 5.38 Å². The Morgan fingerprint density at radius 2 is 1.81 bits per heavy atom. The molecule has 1 heterocycles. The van der Waals surface area contributed by atoms with Gasteiger partial charge in [-0.15, -0.1) is 11.3 Å². The lowest BCUT2D eigenvalue weighted by Gasteiger charge is -2.09. The molecule has 0 fully saturated rings. The molecule has 0 aliphatic carbocycles. The molecule has 0 unspecified atom stereocenters. The van der Waals surface area contributed by atoms with Crippen LogP contribution in [0, 0.1) is 13.8 Å². The topological polar surface area (TPSA) is 60.5 Å². The van der Waals surface area contributed by atoms with Crippen LogP contribution >= 0.6 is 11.3 Å². The van der Waals surface area contributed by atoms with E-state index in [1.54, 1.807) is 25.3 Å². The average molecular weight is 368 g/mol. The lowest BCUT2D eigenvalue weighted by Crippen LogP contribution is -2.12. The number of amides is 1. The predicted octanol–water partition coefficient (Wildman–Crippen LogP) is 4.70. The first kappa shape index (κ1) is 17.9. The maximum absolute atomic E-state index is 12.5. The molecule has 0 atom stereocenters. The van der Waals surface area contributed by atoms with Crippen molar-refractivity contribution in [1.29, 1.82) is 0 Å². The van der Waals surface area contributed by atoms with Crippen molar-refractivity contribution in [2.75, 3.05) is 19.5 Å². The van der Waals surface area contributed by atoms with Crippen LogP contribution in [0.4, 0.5) is 5.13 Å². The van der Waals surface area contributed by atoms with Crippen LogP contribution in [0.1, 0.15) is 21.5 Å². The lowest BCUT2D eigenvalue weighted by atomic mass is 10.0. The maximum Gasteiger partial charge on any atom is 0.257 e. The summed E-state index contributed by atoms with van der Waals surface area (Å²) in [5.74, 6) is 0.846. The van der Waals surface area contributed by atoms with E-state index < -0.39 is 0 Å². The van der Waals surface area contributed by atoms with Gasteiger partial charge in [-0.1, -0.05) is 23.8 Å². The molecule has 1 aromatic heterocycles. The normalized spacial score (nSPS) is 10.5. The summed E-state index contributed by atoms with van der Waals surface area (Å²) < 4.78 is 10.4. The molecule has 26 heavy (non-hydrogen) atoms. The number of ether oxygens (including phenoxy) is 2. The highest BCUT2D eigenvalue weighted by molar-refractivity contribution is 7.14. The smallest absolute Gasteiger partial charge is 0.257 e. The summed E-state index contributed by atoms with van der Waals surface area (Å²) in [5.41, 5.74) is 4.77. The van der Waals surface area contributed by atoms with Crippen molar-refractivity contribution in [2.24, 2.45) is 0 Å². The van der Waals surface area contributed by atoms with Crippen LogP contribution in [-0.2, 0) is 0 Å². The van der Waals surface area contributed by atoms with Crippen LogP contribution in [0.3, 0.4) is 0 Å². The third-order valence-corrected chi connectivity index (χ3v) is 4.79. The van der Waals surface area contributed by atoms with Crippen molar-refractivity contribution in [2.45, 2.75) is 13.8 Å². The van der Waals surface area contributed by atoms with Crippen LogP contribution in [0.5, 0.6) is 11.5 Å². The van der Waals surface area contributed by atoms with Crippen molar-refractivity contribution < 1.29 is 14.3 Å². The van der Waals surface area contributed by atoms with Gasteiger partial charge in [0.15, 0.2) is 16.6 Å². The van der Waals surface area contributed by atoms with Gasteiger partial charge in [0.05, 0.1) is 19.9 Å². The number of benzene rings is 2. The van der Waals surface area contributed by atoms with E-state index in [-0.39, 0.29) is 5.91 Å². The summed E-state index contributed by atoms with van der Waals surface area (Å²) in [4.78, 5) is 17.0. The largest absolute Gasteiger partial charge is 0.493 e. The Hall–Kier alpha value is -2.86. The molecule has 3 aromatic rings. The van der Waals surface area contributed by atoms with Crippen LogP contribution in [0.2, 0.25) is 0 Å². The molecule has 5 nitrogen and oxygen atoms in total. The number of aryl methyl sites for hydroxylation is 2. The van der Waals surface area contributed by atoms with E-state index in [2.05, 4.69) is 42.3 Å². The van der Waals surface area contributed by atoms with Gasteiger partial charge in [0, 0.05) is 16.5 Å². The zero-order chi connectivity index (χ0) is 18.7. The average Bonchev–Trinajstić information content (AvgIpc) is 3.09. The number of thiazole rings is 1. The number of hydrogen-bond acceptors (Lipinski definition) is 5. The molecule has 0 saturated carbocycles. The molecule has 3 rings (SSSR count). The SMILES string of the molecule is COc1ccc(C(=O)Nc2nc(-c3ccc(C)cc3C)cs2)cc1OC. The van der Waals surface area contributed by atoms with Gasteiger partial charge in [-0.25, -0.2) is 4.98 Å². The Morgan fingerprint density at radius 3 is 2.50 bits per heavy atom. The van der Waals surface area contributed by atoms with Gasteiger partial charge < -0.3 is 9.47 Å². The van der Waals surface area contributed by atoms with Gasteiger partial charge >= 0.3 is 0 Å². The predicted molar refractivity (Wildman–Crippen MR) is 105 cm³/mol. The molecule has 0 aliphatic heterocycles. The Kier molecular flexibility index (Phi) is 5.23. The highest BCUT2D eigenvalue weighted by Gasteiger charge is 2.13. The second-order valence-corrected chi connectivity index (χ2v) is 6.74. The molecule has 0 saturated heterocycles. The Morgan fingerprint density at radius 1 is 1.04 bits per heavy atom. The first-order chi connectivity index (χ1) is 12.5. The number of carbonyl (C=O) groups excluding carboxylic acids is 1. The maximum atomic E-state index is 12.5. The van der Waals surface area contributed by atoms with E-state index in [9.17, 15) is 4.79 Å². The summed E-state index contributed by atoms with van der Waals surface area (Å²) in [6.45, 7) is 4.12. The highest BCUT2D eigenvalue weighted by Crippen LogP contribution is 2.30. The molecule has 0 spiro atoms. The fraction of sp³-hybridized carbons (Fsp3) is 0.200. The number of aromatic nitrogens is 1. The molecule has 0 radical (unpaired) electrons. The summed E-state index contributed by atoms with van der Waals surface area (Å²) in [7, 11) is 3.10. The highest BCUT2D eigenvalue weighted by atomic mass is 32.1. The number of methoxy groups -OCH3 is 2. The van der Waals surface area contributed by atoms with Crippen molar-refractivity contribution in [1.82, 2.24) is 4.98 Å². The molecular formula is C20H20N2O3S. The van der Waals surface area contributed by atoms with Crippen molar-refractivity contribution >= 4 is 22.4 Å². The third-order valence-electron chi connectivity index (χ3n) is 4.03. The Balaban J connectivity index is 1.79. The quantitative estimate of drug-likeness (QED) is 0.709. The van der Waals surface area contributed by atoms with E-state index in [0.717, 1.165) is 16.8 Å². The Bertz CT molecular complexity index is 950. The zero-order valence-electron chi connectivity index (χ0n) is 15.1. The van der Waals surface area contributed by atoms with Crippen molar-refractivity contribution in [3.8, 4) is 22.8 Å². The first-order valence-electron chi connectivity index (χ1n) is 8.08. The van der Waals surface area contributed by atoms with Gasteiger partial charge in [0.25, 0.3) is 5.91 Å². The zero-order valence-corrected chi connectivity index (χ0v) is 15.9. The minimum atomic E-state index is -0.243. The number of nitrogens with zero attached hydrogens (tertiary/aromatic N) is 1. The van der Waals surface area contributed by atoms with Gasteiger partial charge in [-0.05, 0) is 37.6 Å². The first-order valence-corrected chi connectivity index (χ1v) is 8.96. The van der Waals surface area contributed by atoms with Crippen LogP contribution in [0.25, 0.3) is 11.3 Å². The second-order valence-electron chi connectivity index (χ2n) is 5.88. The summed E-state index contributed by atoms with van der Waals surface area (Å²) in [6.07, 6.45) is 0. The van der Waals surface area contributed by atoms with Crippen LogP contribution < -0.4 is 14.8 Å². The van der Waals surface area contributed by atoms with Gasteiger partial charge in [-0.2, -0.15) is 0 Å². The fourth-order valence-corrected chi connectivity index (χ4v) is 3.41. The van der Waals surface area contributed by atoms with Crippen LogP contribution in [-0.4, -0.2) is 25.1 Å². The van der Waals surface area contributed by atoms with E-state index >= 15 is 0 Å². The lowest BCUT2D eigenvalue weighted by molar-refractivity contribution is 0.102. The minimum absolute atomic E-state index is 0.243. The van der Waals surface area contributed by atoms with Crippen LogP contribution in [0.15, 0.2) is 41.8 Å². The number of carbonyl (C=O) groups is 1. The third kappa shape index (κ3) is 3.70. The molecule has 0 bridgehead atoms. The minimum Gasteiger partial charge on any atom is -0.493 e. The molecule has 134 valence electrons. The number of hydrogen-bond donors (Lipinski definition) is 1. The number of rotatable bonds is 5. The number of nitrogens with one attached hydrogen (secondary N) is 1. The molecule has 6 heteroatoms. The molecule has 2 aromatic carbocycles. The van der Waals surface area contributed by atoms with E-state index in [1.165, 1.54) is 24.0 Å². The van der Waals surface area contributed by atoms with E-state index in [4.69, 9.17) is 9.47 Å². The molecule has 1 N–H and O–H groups in total. The Labute approximate surface area is 156 Å². The summed E-state index contributed by atoms with van der Waals surface area (Å²) >= 11 is 1.40. The van der Waals surface area contributed by atoms with Crippen molar-refractivity contribution in [3.63, 3.8) is 0 Å².